The lowest BCUT2D eigenvalue weighted by Gasteiger charge is -2.43. The second kappa shape index (κ2) is 15.0. The highest BCUT2D eigenvalue weighted by molar-refractivity contribution is 9.09. The fourth-order valence-corrected chi connectivity index (χ4v) is 8.57. The Morgan fingerprint density at radius 1 is 1.10 bits per heavy atom. The van der Waals surface area contributed by atoms with Crippen molar-refractivity contribution in [2.24, 2.45) is 11.8 Å². The minimum Gasteiger partial charge on any atom is -0.463 e. The number of alkyl halides is 1. The molecule has 0 aromatic heterocycles. The highest BCUT2D eigenvalue weighted by Gasteiger charge is 2.77. The Labute approximate surface area is 296 Å². The molecule has 2 bridgehead atoms. The summed E-state index contributed by atoms with van der Waals surface area (Å²) in [5, 5.41) is 13.9. The first kappa shape index (κ1) is 36.5. The maximum absolute atomic E-state index is 14.9. The van der Waals surface area contributed by atoms with Crippen LogP contribution in [0.3, 0.4) is 0 Å². The van der Waals surface area contributed by atoms with Gasteiger partial charge < -0.3 is 29.7 Å². The minimum absolute atomic E-state index is 0.110. The van der Waals surface area contributed by atoms with E-state index in [1.807, 2.05) is 81.4 Å². The molecule has 3 amide bonds. The van der Waals surface area contributed by atoms with Crippen LogP contribution in [0.4, 0.5) is 0 Å². The molecule has 2 aromatic rings. The molecule has 1 unspecified atom stereocenters. The number of aliphatic hydroxyl groups is 1. The number of fused-ring (bicyclic) bond motifs is 1. The first-order chi connectivity index (χ1) is 23.4. The lowest BCUT2D eigenvalue weighted by molar-refractivity contribution is -0.154. The van der Waals surface area contributed by atoms with Crippen LogP contribution >= 0.6 is 15.9 Å². The number of rotatable bonds is 14. The number of carbonyl (C=O) groups excluding carboxylic acids is 4. The van der Waals surface area contributed by atoms with Gasteiger partial charge in [-0.15, -0.1) is 13.2 Å². The normalized spacial score (nSPS) is 26.8. The SMILES string of the molecule is C=CCCC(=O)OC[C@H](NC(=O)[C@H]1[C@@H]2O[C@@]3(CC2Br)[C@@H]1C(=O)N([C@H](CO)c1ccccc1)[C@@H]3C(=O)N(CC=C)C(C)(C)C)c1ccccc1. The van der Waals surface area contributed by atoms with E-state index in [2.05, 4.69) is 34.4 Å². The summed E-state index contributed by atoms with van der Waals surface area (Å²) in [6, 6.07) is 15.6. The predicted molar refractivity (Wildman–Crippen MR) is 188 cm³/mol. The van der Waals surface area contributed by atoms with E-state index in [0.29, 0.717) is 18.4 Å². The Balaban J connectivity index is 1.55. The molecule has 5 rings (SSSR count). The molecule has 262 valence electrons. The molecule has 8 atom stereocenters. The van der Waals surface area contributed by atoms with Gasteiger partial charge in [-0.05, 0) is 44.7 Å². The molecular weight excluding hydrogens is 690 g/mol. The van der Waals surface area contributed by atoms with Gasteiger partial charge in [-0.2, -0.15) is 0 Å². The Kier molecular flexibility index (Phi) is 11.2. The fourth-order valence-electron chi connectivity index (χ4n) is 7.63. The topological polar surface area (TPSA) is 125 Å². The van der Waals surface area contributed by atoms with Gasteiger partial charge in [0.05, 0.1) is 36.6 Å². The van der Waals surface area contributed by atoms with Crippen molar-refractivity contribution in [2.75, 3.05) is 19.8 Å². The molecule has 1 spiro atoms. The van der Waals surface area contributed by atoms with Crippen molar-refractivity contribution in [3.8, 4) is 0 Å². The van der Waals surface area contributed by atoms with Gasteiger partial charge in [-0.25, -0.2) is 0 Å². The van der Waals surface area contributed by atoms with Crippen LogP contribution in [0.25, 0.3) is 0 Å². The summed E-state index contributed by atoms with van der Waals surface area (Å²) in [5.41, 5.74) is -0.597. The molecule has 0 saturated carbocycles. The number of carbonyl (C=O) groups is 4. The number of nitrogens with one attached hydrogen (secondary N) is 1. The smallest absolute Gasteiger partial charge is 0.306 e. The van der Waals surface area contributed by atoms with E-state index >= 15 is 0 Å². The maximum atomic E-state index is 14.9. The zero-order valence-electron chi connectivity index (χ0n) is 28.3. The zero-order chi connectivity index (χ0) is 35.5. The van der Waals surface area contributed by atoms with Gasteiger partial charge in [0.25, 0.3) is 0 Å². The van der Waals surface area contributed by atoms with Crippen molar-refractivity contribution >= 4 is 39.6 Å². The monoisotopic (exact) mass is 735 g/mol. The summed E-state index contributed by atoms with van der Waals surface area (Å²) in [6.07, 6.45) is 3.52. The first-order valence-electron chi connectivity index (χ1n) is 16.7. The lowest BCUT2D eigenvalue weighted by Crippen LogP contribution is -2.60. The number of nitrogens with zero attached hydrogens (tertiary/aromatic N) is 2. The molecule has 3 saturated heterocycles. The van der Waals surface area contributed by atoms with E-state index in [4.69, 9.17) is 9.47 Å². The van der Waals surface area contributed by atoms with Crippen molar-refractivity contribution in [3.05, 3.63) is 97.1 Å². The predicted octanol–water partition coefficient (Wildman–Crippen LogP) is 4.65. The minimum atomic E-state index is -1.35. The van der Waals surface area contributed by atoms with E-state index in [-0.39, 0.29) is 30.3 Å². The van der Waals surface area contributed by atoms with Crippen LogP contribution in [0.5, 0.6) is 0 Å². The Morgan fingerprint density at radius 3 is 2.31 bits per heavy atom. The molecule has 11 heteroatoms. The molecule has 2 aromatic carbocycles. The van der Waals surface area contributed by atoms with Crippen LogP contribution < -0.4 is 5.32 Å². The molecule has 10 nitrogen and oxygen atoms in total. The van der Waals surface area contributed by atoms with E-state index in [1.165, 1.54) is 4.90 Å². The van der Waals surface area contributed by atoms with Crippen LogP contribution in [-0.4, -0.2) is 86.5 Å². The summed E-state index contributed by atoms with van der Waals surface area (Å²) in [5.74, 6) is -3.60. The number of aliphatic hydroxyl groups excluding tert-OH is 1. The lowest BCUT2D eigenvalue weighted by atomic mass is 9.70. The number of benzene rings is 2. The summed E-state index contributed by atoms with van der Waals surface area (Å²) >= 11 is 3.74. The molecular formula is C38H46BrN3O7. The van der Waals surface area contributed by atoms with Crippen molar-refractivity contribution in [1.82, 2.24) is 15.1 Å². The highest BCUT2D eigenvalue weighted by Crippen LogP contribution is 2.61. The summed E-state index contributed by atoms with van der Waals surface area (Å²) in [6.45, 7) is 12.9. The third-order valence-electron chi connectivity index (χ3n) is 9.83. The number of halogens is 1. The first-order valence-corrected chi connectivity index (χ1v) is 17.6. The second-order valence-corrected chi connectivity index (χ2v) is 15.1. The van der Waals surface area contributed by atoms with Gasteiger partial charge in [0.15, 0.2) is 0 Å². The van der Waals surface area contributed by atoms with E-state index in [9.17, 15) is 24.3 Å². The van der Waals surface area contributed by atoms with E-state index < -0.39 is 71.6 Å². The number of likely N-dealkylation sites (tertiary alicyclic amines) is 1. The molecule has 0 radical (unpaired) electrons. The average Bonchev–Trinajstić information content (AvgIpc) is 3.68. The summed E-state index contributed by atoms with van der Waals surface area (Å²) in [7, 11) is 0. The molecule has 3 aliphatic rings. The van der Waals surface area contributed by atoms with Gasteiger partial charge in [0, 0.05) is 23.3 Å². The largest absolute Gasteiger partial charge is 0.463 e. The molecule has 3 aliphatic heterocycles. The fraction of sp³-hybridized carbons (Fsp3) is 0.474. The van der Waals surface area contributed by atoms with Crippen LogP contribution in [0.1, 0.15) is 63.2 Å². The third kappa shape index (κ3) is 6.98. The van der Waals surface area contributed by atoms with Crippen LogP contribution in [-0.2, 0) is 28.7 Å². The average molecular weight is 737 g/mol. The van der Waals surface area contributed by atoms with Crippen molar-refractivity contribution < 1.29 is 33.8 Å². The van der Waals surface area contributed by atoms with Gasteiger partial charge in [0.2, 0.25) is 17.7 Å². The van der Waals surface area contributed by atoms with Crippen LogP contribution in [0, 0.1) is 11.8 Å². The highest BCUT2D eigenvalue weighted by atomic mass is 79.9. The van der Waals surface area contributed by atoms with Crippen LogP contribution in [0.2, 0.25) is 0 Å². The summed E-state index contributed by atoms with van der Waals surface area (Å²) in [4.78, 5) is 59.4. The number of esters is 1. The molecule has 0 aliphatic carbocycles. The number of hydrogen-bond acceptors (Lipinski definition) is 7. The van der Waals surface area contributed by atoms with Crippen molar-refractivity contribution in [3.63, 3.8) is 0 Å². The Morgan fingerprint density at radius 2 is 1.73 bits per heavy atom. The maximum Gasteiger partial charge on any atom is 0.306 e. The second-order valence-electron chi connectivity index (χ2n) is 13.9. The van der Waals surface area contributed by atoms with Gasteiger partial charge in [-0.1, -0.05) is 88.7 Å². The quantitative estimate of drug-likeness (QED) is 0.165. The van der Waals surface area contributed by atoms with Gasteiger partial charge in [-0.3, -0.25) is 19.2 Å². The van der Waals surface area contributed by atoms with Crippen LogP contribution in [0.15, 0.2) is 86.0 Å². The van der Waals surface area contributed by atoms with E-state index in [0.717, 1.165) is 5.56 Å². The number of allylic oxidation sites excluding steroid dienone is 1. The summed E-state index contributed by atoms with van der Waals surface area (Å²) < 4.78 is 12.3. The number of ether oxygens (including phenoxy) is 2. The van der Waals surface area contributed by atoms with Crippen molar-refractivity contribution in [2.45, 2.75) is 80.2 Å². The Hall–Kier alpha value is -3.80. The molecule has 3 heterocycles. The third-order valence-corrected chi connectivity index (χ3v) is 10.7. The zero-order valence-corrected chi connectivity index (χ0v) is 29.9. The standard InChI is InChI=1S/C38H46BrN3O7/c1-6-8-19-29(44)48-23-27(24-15-11-9-12-16-24)40-34(45)30-31-35(46)42(28(22-43)25-17-13-10-14-18-25)33(38(31)21-26(39)32(30)49-38)36(47)41(20-7-2)37(3,4)5/h6-7,9-18,26-28,30-33,43H,1-2,8,19-23H2,3-5H3,(H,40,45)/t26?,27-,28+,30+,31-,32+,33+,38-/m0/s1. The molecule has 2 N–H and O–H groups in total. The number of amides is 3. The van der Waals surface area contributed by atoms with Crippen molar-refractivity contribution in [1.29, 1.82) is 0 Å². The Bertz CT molecular complexity index is 1550. The van der Waals surface area contributed by atoms with Gasteiger partial charge in [0.1, 0.15) is 18.2 Å². The number of hydrogen-bond donors (Lipinski definition) is 2. The van der Waals surface area contributed by atoms with E-state index in [1.54, 1.807) is 17.1 Å². The van der Waals surface area contributed by atoms with Gasteiger partial charge >= 0.3 is 5.97 Å². The molecule has 3 fully saturated rings. The molecule has 49 heavy (non-hydrogen) atoms.